The van der Waals surface area contributed by atoms with Crippen LogP contribution in [0.2, 0.25) is 0 Å². The van der Waals surface area contributed by atoms with Crippen LogP contribution in [0.25, 0.3) is 0 Å². The maximum absolute atomic E-state index is 6.01. The molecule has 3 N–H and O–H groups in total. The topological polar surface area (TPSA) is 38.0 Å². The Kier molecular flexibility index (Phi) is 4.04. The zero-order chi connectivity index (χ0) is 10.7. The number of nitrogens with one attached hydrogen (secondary N) is 1. The first-order chi connectivity index (χ1) is 7.31. The molecule has 2 aliphatic carbocycles. The average Bonchev–Trinajstić information content (AvgIpc) is 3.03. The Morgan fingerprint density at radius 1 is 1.13 bits per heavy atom. The van der Waals surface area contributed by atoms with Crippen LogP contribution >= 0.6 is 0 Å². The van der Waals surface area contributed by atoms with Crippen molar-refractivity contribution in [2.45, 2.75) is 64.0 Å². The molecule has 2 fully saturated rings. The lowest BCUT2D eigenvalue weighted by molar-refractivity contribution is 0.400. The molecule has 0 aromatic carbocycles. The third-order valence-electron chi connectivity index (χ3n) is 3.81. The van der Waals surface area contributed by atoms with E-state index in [1.54, 1.807) is 0 Å². The molecular formula is C13H26N2. The molecular weight excluding hydrogens is 184 g/mol. The molecule has 2 saturated carbocycles. The average molecular weight is 210 g/mol. The van der Waals surface area contributed by atoms with Crippen LogP contribution in [0.1, 0.15) is 51.9 Å². The molecule has 0 spiro atoms. The zero-order valence-electron chi connectivity index (χ0n) is 10.0. The molecule has 0 amide bonds. The predicted molar refractivity (Wildman–Crippen MR) is 64.7 cm³/mol. The van der Waals surface area contributed by atoms with Gasteiger partial charge in [0.15, 0.2) is 0 Å². The van der Waals surface area contributed by atoms with Crippen LogP contribution in [-0.4, -0.2) is 18.6 Å². The highest BCUT2D eigenvalue weighted by atomic mass is 14.9. The molecule has 0 radical (unpaired) electrons. The first kappa shape index (κ1) is 11.4. The second-order valence-electron chi connectivity index (χ2n) is 5.49. The highest BCUT2D eigenvalue weighted by Gasteiger charge is 2.40. The standard InChI is InChI=1S/C13H26N2/c1-2-3-12(14)8-9-15-13(10-4-5-10)11-6-7-11/h10-13,15H,2-9,14H2,1H3. The smallest absolute Gasteiger partial charge is 0.0124 e. The fourth-order valence-corrected chi connectivity index (χ4v) is 2.58. The second kappa shape index (κ2) is 5.31. The van der Waals surface area contributed by atoms with Gasteiger partial charge in [0.05, 0.1) is 0 Å². The zero-order valence-corrected chi connectivity index (χ0v) is 10.0. The molecule has 2 nitrogen and oxygen atoms in total. The normalized spacial score (nSPS) is 23.4. The minimum absolute atomic E-state index is 0.418. The quantitative estimate of drug-likeness (QED) is 0.645. The summed E-state index contributed by atoms with van der Waals surface area (Å²) in [6.07, 6.45) is 9.42. The van der Waals surface area contributed by atoms with E-state index in [1.165, 1.54) is 38.5 Å². The van der Waals surface area contributed by atoms with Crippen LogP contribution in [0.15, 0.2) is 0 Å². The van der Waals surface area contributed by atoms with E-state index in [0.29, 0.717) is 6.04 Å². The number of rotatable bonds is 8. The Labute approximate surface area is 94.0 Å². The number of hydrogen-bond donors (Lipinski definition) is 2. The van der Waals surface area contributed by atoms with E-state index in [4.69, 9.17) is 5.73 Å². The summed E-state index contributed by atoms with van der Waals surface area (Å²) >= 11 is 0. The molecule has 0 saturated heterocycles. The molecule has 0 aliphatic heterocycles. The maximum Gasteiger partial charge on any atom is 0.0124 e. The molecule has 2 aliphatic rings. The van der Waals surface area contributed by atoms with Gasteiger partial charge in [0.2, 0.25) is 0 Å². The summed E-state index contributed by atoms with van der Waals surface area (Å²) in [5.74, 6) is 2.03. The van der Waals surface area contributed by atoms with Crippen LogP contribution < -0.4 is 11.1 Å². The van der Waals surface area contributed by atoms with Crippen LogP contribution in [0.4, 0.5) is 0 Å². The van der Waals surface area contributed by atoms with Gasteiger partial charge in [-0.2, -0.15) is 0 Å². The summed E-state index contributed by atoms with van der Waals surface area (Å²) in [7, 11) is 0. The summed E-state index contributed by atoms with van der Waals surface area (Å²) in [5.41, 5.74) is 6.01. The van der Waals surface area contributed by atoms with Gasteiger partial charge in [-0.05, 0) is 56.9 Å². The fraction of sp³-hybridized carbons (Fsp3) is 1.00. The monoisotopic (exact) mass is 210 g/mol. The van der Waals surface area contributed by atoms with Gasteiger partial charge in [0.1, 0.15) is 0 Å². The Hall–Kier alpha value is -0.0800. The lowest BCUT2D eigenvalue weighted by Crippen LogP contribution is -2.36. The van der Waals surface area contributed by atoms with Crippen molar-refractivity contribution in [1.82, 2.24) is 5.32 Å². The molecule has 0 heterocycles. The van der Waals surface area contributed by atoms with Gasteiger partial charge in [-0.25, -0.2) is 0 Å². The lowest BCUT2D eigenvalue weighted by Gasteiger charge is -2.19. The highest BCUT2D eigenvalue weighted by molar-refractivity contribution is 4.96. The minimum atomic E-state index is 0.418. The molecule has 0 aromatic rings. The van der Waals surface area contributed by atoms with E-state index in [2.05, 4.69) is 12.2 Å². The van der Waals surface area contributed by atoms with Crippen molar-refractivity contribution in [3.63, 3.8) is 0 Å². The molecule has 88 valence electrons. The first-order valence-electron chi connectivity index (χ1n) is 6.80. The SMILES string of the molecule is CCCC(N)CCNC(C1CC1)C1CC1. The predicted octanol–water partition coefficient (Wildman–Crippen LogP) is 2.28. The fourth-order valence-electron chi connectivity index (χ4n) is 2.58. The van der Waals surface area contributed by atoms with Gasteiger partial charge in [-0.15, -0.1) is 0 Å². The summed E-state index contributed by atoms with van der Waals surface area (Å²) in [6, 6.07) is 1.26. The lowest BCUT2D eigenvalue weighted by atomic mass is 10.1. The molecule has 15 heavy (non-hydrogen) atoms. The molecule has 0 bridgehead atoms. The summed E-state index contributed by atoms with van der Waals surface area (Å²) < 4.78 is 0. The van der Waals surface area contributed by atoms with Crippen molar-refractivity contribution < 1.29 is 0 Å². The Balaban J connectivity index is 1.58. The van der Waals surface area contributed by atoms with E-state index in [1.807, 2.05) is 0 Å². The molecule has 1 atom stereocenters. The Morgan fingerprint density at radius 2 is 1.73 bits per heavy atom. The highest BCUT2D eigenvalue weighted by Crippen LogP contribution is 2.44. The van der Waals surface area contributed by atoms with E-state index >= 15 is 0 Å². The molecule has 0 aromatic heterocycles. The van der Waals surface area contributed by atoms with Gasteiger partial charge in [-0.1, -0.05) is 13.3 Å². The van der Waals surface area contributed by atoms with Crippen molar-refractivity contribution in [3.05, 3.63) is 0 Å². The van der Waals surface area contributed by atoms with E-state index in [-0.39, 0.29) is 0 Å². The third kappa shape index (κ3) is 3.76. The third-order valence-corrected chi connectivity index (χ3v) is 3.81. The van der Waals surface area contributed by atoms with Gasteiger partial charge in [-0.3, -0.25) is 0 Å². The van der Waals surface area contributed by atoms with Crippen molar-refractivity contribution in [2.75, 3.05) is 6.54 Å². The molecule has 2 heteroatoms. The van der Waals surface area contributed by atoms with Crippen molar-refractivity contribution in [1.29, 1.82) is 0 Å². The van der Waals surface area contributed by atoms with E-state index in [0.717, 1.165) is 30.8 Å². The van der Waals surface area contributed by atoms with Crippen LogP contribution in [-0.2, 0) is 0 Å². The summed E-state index contributed by atoms with van der Waals surface area (Å²) in [4.78, 5) is 0. The maximum atomic E-state index is 6.01. The van der Waals surface area contributed by atoms with E-state index < -0.39 is 0 Å². The van der Waals surface area contributed by atoms with Gasteiger partial charge >= 0.3 is 0 Å². The first-order valence-corrected chi connectivity index (χ1v) is 6.80. The second-order valence-corrected chi connectivity index (χ2v) is 5.49. The largest absolute Gasteiger partial charge is 0.328 e. The van der Waals surface area contributed by atoms with Gasteiger partial charge in [0, 0.05) is 12.1 Å². The summed E-state index contributed by atoms with van der Waals surface area (Å²) in [5, 5.41) is 3.75. The van der Waals surface area contributed by atoms with Crippen molar-refractivity contribution in [2.24, 2.45) is 17.6 Å². The van der Waals surface area contributed by atoms with Crippen LogP contribution in [0.3, 0.4) is 0 Å². The number of hydrogen-bond acceptors (Lipinski definition) is 2. The van der Waals surface area contributed by atoms with Crippen molar-refractivity contribution >= 4 is 0 Å². The number of nitrogens with two attached hydrogens (primary N) is 1. The Morgan fingerprint density at radius 3 is 2.20 bits per heavy atom. The van der Waals surface area contributed by atoms with Gasteiger partial charge in [0.25, 0.3) is 0 Å². The van der Waals surface area contributed by atoms with Crippen LogP contribution in [0.5, 0.6) is 0 Å². The minimum Gasteiger partial charge on any atom is -0.328 e. The molecule has 1 unspecified atom stereocenters. The van der Waals surface area contributed by atoms with Crippen molar-refractivity contribution in [3.8, 4) is 0 Å². The van der Waals surface area contributed by atoms with Crippen LogP contribution in [0, 0.1) is 11.8 Å². The Bertz CT molecular complexity index is 173. The van der Waals surface area contributed by atoms with E-state index in [9.17, 15) is 0 Å². The molecule has 2 rings (SSSR count). The summed E-state index contributed by atoms with van der Waals surface area (Å²) in [6.45, 7) is 3.35. The van der Waals surface area contributed by atoms with Gasteiger partial charge < -0.3 is 11.1 Å².